The van der Waals surface area contributed by atoms with Gasteiger partial charge in [0, 0.05) is 23.1 Å². The summed E-state index contributed by atoms with van der Waals surface area (Å²) in [5, 5.41) is 5.24. The first-order chi connectivity index (χ1) is 14.8. The van der Waals surface area contributed by atoms with Crippen molar-refractivity contribution in [3.8, 4) is 11.5 Å². The molecule has 166 valence electrons. The number of ether oxygens (including phenoxy) is 2. The van der Waals surface area contributed by atoms with Gasteiger partial charge in [-0.3, -0.25) is 9.59 Å². The Morgan fingerprint density at radius 1 is 1.13 bits per heavy atom. The maximum atomic E-state index is 12.7. The van der Waals surface area contributed by atoms with E-state index in [9.17, 15) is 18.0 Å². The molecular formula is C21H24N2O6S2. The first kappa shape index (κ1) is 23.0. The van der Waals surface area contributed by atoms with Crippen LogP contribution < -0.4 is 20.1 Å². The van der Waals surface area contributed by atoms with Gasteiger partial charge in [-0.15, -0.1) is 11.8 Å². The molecule has 0 fully saturated rings. The number of amides is 2. The van der Waals surface area contributed by atoms with Crippen molar-refractivity contribution >= 4 is 44.8 Å². The number of anilines is 2. The molecule has 8 nitrogen and oxygen atoms in total. The molecule has 0 spiro atoms. The van der Waals surface area contributed by atoms with Crippen molar-refractivity contribution in [3.05, 3.63) is 36.4 Å². The lowest BCUT2D eigenvalue weighted by Gasteiger charge is -2.23. The second kappa shape index (κ2) is 9.61. The summed E-state index contributed by atoms with van der Waals surface area (Å²) in [5.74, 6) is 0.0364. The molecule has 0 aliphatic carbocycles. The molecule has 1 heterocycles. The van der Waals surface area contributed by atoms with E-state index in [4.69, 9.17) is 9.47 Å². The molecule has 1 atom stereocenters. The first-order valence-electron chi connectivity index (χ1n) is 9.63. The SMILES string of the molecule is CCC1Sc2ccc(S(=O)(=O)CCC(=O)Nc3ccc(OC)c(OC)c3)cc2NC1=O. The Hall–Kier alpha value is -2.72. The van der Waals surface area contributed by atoms with Crippen molar-refractivity contribution in [1.82, 2.24) is 0 Å². The second-order valence-electron chi connectivity index (χ2n) is 6.85. The zero-order valence-corrected chi connectivity index (χ0v) is 19.1. The van der Waals surface area contributed by atoms with E-state index in [1.54, 1.807) is 24.3 Å². The normalized spacial score (nSPS) is 15.6. The van der Waals surface area contributed by atoms with Crippen molar-refractivity contribution in [3.63, 3.8) is 0 Å². The summed E-state index contributed by atoms with van der Waals surface area (Å²) in [4.78, 5) is 25.3. The minimum Gasteiger partial charge on any atom is -0.493 e. The maximum absolute atomic E-state index is 12.7. The summed E-state index contributed by atoms with van der Waals surface area (Å²) < 4.78 is 35.8. The van der Waals surface area contributed by atoms with Crippen molar-refractivity contribution in [2.45, 2.75) is 34.8 Å². The average molecular weight is 465 g/mol. The van der Waals surface area contributed by atoms with Crippen LogP contribution in [-0.2, 0) is 19.4 Å². The fourth-order valence-corrected chi connectivity index (χ4v) is 5.36. The minimum absolute atomic E-state index is 0.0704. The fraction of sp³-hybridized carbons (Fsp3) is 0.333. The summed E-state index contributed by atoms with van der Waals surface area (Å²) in [6.45, 7) is 1.92. The number of carbonyl (C=O) groups is 2. The van der Waals surface area contributed by atoms with Gasteiger partial charge in [0.2, 0.25) is 11.8 Å². The predicted molar refractivity (Wildman–Crippen MR) is 120 cm³/mol. The summed E-state index contributed by atoms with van der Waals surface area (Å²) in [6.07, 6.45) is 0.470. The van der Waals surface area contributed by atoms with Crippen molar-refractivity contribution in [2.24, 2.45) is 0 Å². The third-order valence-electron chi connectivity index (χ3n) is 4.77. The lowest BCUT2D eigenvalue weighted by atomic mass is 10.2. The standard InChI is InChI=1S/C21H24N2O6S2/c1-4-18-21(25)23-15-12-14(6-8-19(15)30-18)31(26,27)10-9-20(24)22-13-5-7-16(28-2)17(11-13)29-3/h5-8,11-12,18H,4,9-10H2,1-3H3,(H,22,24)(H,23,25). The smallest absolute Gasteiger partial charge is 0.237 e. The molecule has 2 amide bonds. The summed E-state index contributed by atoms with van der Waals surface area (Å²) in [5.41, 5.74) is 0.953. The number of nitrogens with one attached hydrogen (secondary N) is 2. The summed E-state index contributed by atoms with van der Waals surface area (Å²) >= 11 is 1.42. The van der Waals surface area contributed by atoms with Crippen molar-refractivity contribution in [2.75, 3.05) is 30.6 Å². The average Bonchev–Trinajstić information content (AvgIpc) is 2.76. The molecule has 0 radical (unpaired) electrons. The molecule has 0 saturated carbocycles. The Morgan fingerprint density at radius 2 is 1.87 bits per heavy atom. The molecule has 31 heavy (non-hydrogen) atoms. The van der Waals surface area contributed by atoms with Gasteiger partial charge >= 0.3 is 0 Å². The molecular weight excluding hydrogens is 440 g/mol. The predicted octanol–water partition coefficient (Wildman–Crippen LogP) is 3.33. The Bertz CT molecular complexity index is 1100. The largest absolute Gasteiger partial charge is 0.493 e. The number of hydrogen-bond acceptors (Lipinski definition) is 7. The Balaban J connectivity index is 1.66. The monoisotopic (exact) mass is 464 g/mol. The van der Waals surface area contributed by atoms with Crippen LogP contribution in [0.1, 0.15) is 19.8 Å². The van der Waals surface area contributed by atoms with E-state index in [1.165, 1.54) is 38.1 Å². The van der Waals surface area contributed by atoms with Gasteiger partial charge in [-0.1, -0.05) is 6.92 Å². The van der Waals surface area contributed by atoms with E-state index in [-0.39, 0.29) is 28.2 Å². The number of hydrogen-bond donors (Lipinski definition) is 2. The quantitative estimate of drug-likeness (QED) is 0.616. The van der Waals surface area contributed by atoms with E-state index in [2.05, 4.69) is 10.6 Å². The number of carbonyl (C=O) groups excluding carboxylic acids is 2. The lowest BCUT2D eigenvalue weighted by molar-refractivity contribution is -0.116. The minimum atomic E-state index is -3.71. The van der Waals surface area contributed by atoms with Gasteiger partial charge in [-0.05, 0) is 36.8 Å². The highest BCUT2D eigenvalue weighted by atomic mass is 32.2. The molecule has 1 unspecified atom stereocenters. The van der Waals surface area contributed by atoms with Crippen molar-refractivity contribution < 1.29 is 27.5 Å². The van der Waals surface area contributed by atoms with Crippen LogP contribution in [0.3, 0.4) is 0 Å². The zero-order valence-electron chi connectivity index (χ0n) is 17.4. The van der Waals surface area contributed by atoms with Crippen LogP contribution in [0.15, 0.2) is 46.2 Å². The van der Waals surface area contributed by atoms with Gasteiger partial charge in [0.15, 0.2) is 21.3 Å². The maximum Gasteiger partial charge on any atom is 0.237 e. The van der Waals surface area contributed by atoms with Crippen LogP contribution in [0.5, 0.6) is 11.5 Å². The Labute approximate surface area is 185 Å². The molecule has 2 N–H and O–H groups in total. The molecule has 3 rings (SSSR count). The Morgan fingerprint density at radius 3 is 2.55 bits per heavy atom. The van der Waals surface area contributed by atoms with E-state index in [0.717, 1.165) is 4.90 Å². The summed E-state index contributed by atoms with van der Waals surface area (Å²) in [6, 6.07) is 9.54. The number of benzene rings is 2. The van der Waals surface area contributed by atoms with Crippen LogP contribution in [0.4, 0.5) is 11.4 Å². The topological polar surface area (TPSA) is 111 Å². The molecule has 0 bridgehead atoms. The van der Waals surface area contributed by atoms with Gasteiger partial charge in [0.1, 0.15) is 0 Å². The van der Waals surface area contributed by atoms with Crippen LogP contribution in [0.25, 0.3) is 0 Å². The van der Waals surface area contributed by atoms with Crippen LogP contribution in [0.2, 0.25) is 0 Å². The van der Waals surface area contributed by atoms with Crippen LogP contribution in [-0.4, -0.2) is 45.5 Å². The van der Waals surface area contributed by atoms with Crippen molar-refractivity contribution in [1.29, 1.82) is 0 Å². The van der Waals surface area contributed by atoms with E-state index >= 15 is 0 Å². The molecule has 1 aliphatic heterocycles. The third-order valence-corrected chi connectivity index (χ3v) is 7.92. The zero-order chi connectivity index (χ0) is 22.6. The lowest BCUT2D eigenvalue weighted by Crippen LogP contribution is -2.28. The van der Waals surface area contributed by atoms with Gasteiger partial charge in [0.05, 0.1) is 35.8 Å². The number of thioether (sulfide) groups is 1. The third kappa shape index (κ3) is 5.31. The molecule has 0 aromatic heterocycles. The highest BCUT2D eigenvalue weighted by Crippen LogP contribution is 2.38. The molecule has 0 saturated heterocycles. The van der Waals surface area contributed by atoms with E-state index in [0.29, 0.717) is 29.3 Å². The molecule has 2 aromatic carbocycles. The van der Waals surface area contributed by atoms with E-state index < -0.39 is 15.7 Å². The molecule has 1 aliphatic rings. The fourth-order valence-electron chi connectivity index (χ4n) is 3.07. The van der Waals surface area contributed by atoms with Gasteiger partial charge in [0.25, 0.3) is 0 Å². The number of rotatable bonds is 8. The second-order valence-corrected chi connectivity index (χ2v) is 10.2. The summed E-state index contributed by atoms with van der Waals surface area (Å²) in [7, 11) is -0.715. The van der Waals surface area contributed by atoms with E-state index in [1.807, 2.05) is 6.92 Å². The Kier molecular flexibility index (Phi) is 7.11. The molecule has 10 heteroatoms. The number of fused-ring (bicyclic) bond motifs is 1. The number of sulfone groups is 1. The van der Waals surface area contributed by atoms with Crippen LogP contribution >= 0.6 is 11.8 Å². The number of methoxy groups -OCH3 is 2. The van der Waals surface area contributed by atoms with Gasteiger partial charge < -0.3 is 20.1 Å². The highest BCUT2D eigenvalue weighted by Gasteiger charge is 2.27. The molecule has 2 aromatic rings. The highest BCUT2D eigenvalue weighted by molar-refractivity contribution is 8.01. The first-order valence-corrected chi connectivity index (χ1v) is 12.2. The van der Waals surface area contributed by atoms with Gasteiger partial charge in [-0.2, -0.15) is 0 Å². The van der Waals surface area contributed by atoms with Gasteiger partial charge in [-0.25, -0.2) is 8.42 Å². The van der Waals surface area contributed by atoms with Crippen LogP contribution in [0, 0.1) is 0 Å².